The summed E-state index contributed by atoms with van der Waals surface area (Å²) in [5, 5.41) is 8.30. The summed E-state index contributed by atoms with van der Waals surface area (Å²) >= 11 is 0. The van der Waals surface area contributed by atoms with Crippen LogP contribution in [0.2, 0.25) is 0 Å². The van der Waals surface area contributed by atoms with Crippen LogP contribution in [-0.4, -0.2) is 52.9 Å². The molecular weight excluding hydrogens is 484 g/mol. The van der Waals surface area contributed by atoms with E-state index in [4.69, 9.17) is 4.74 Å². The van der Waals surface area contributed by atoms with E-state index in [1.165, 1.54) is 0 Å². The van der Waals surface area contributed by atoms with Gasteiger partial charge in [-0.3, -0.25) is 19.4 Å². The number of hydrogen-bond donors (Lipinski definition) is 3. The summed E-state index contributed by atoms with van der Waals surface area (Å²) in [6, 6.07) is 0.779. The van der Waals surface area contributed by atoms with E-state index >= 15 is 0 Å². The van der Waals surface area contributed by atoms with E-state index in [1.54, 1.807) is 25.4 Å². The maximum atomic E-state index is 13.4. The Bertz CT molecular complexity index is 1040. The van der Waals surface area contributed by atoms with Crippen molar-refractivity contribution >= 4 is 23.7 Å². The van der Waals surface area contributed by atoms with Gasteiger partial charge >= 0.3 is 5.97 Å². The van der Waals surface area contributed by atoms with E-state index in [-0.39, 0.29) is 24.7 Å². The second-order valence-electron chi connectivity index (χ2n) is 10.2. The van der Waals surface area contributed by atoms with Gasteiger partial charge in [0, 0.05) is 25.2 Å². The third-order valence-electron chi connectivity index (χ3n) is 6.98. The number of amides is 3. The number of hydrogen-bond acceptors (Lipinski definition) is 6. The second kappa shape index (κ2) is 14.4. The fourth-order valence-corrected chi connectivity index (χ4v) is 4.63. The van der Waals surface area contributed by atoms with Gasteiger partial charge in [0.25, 0.3) is 0 Å². The number of aromatic nitrogens is 1. The Labute approximate surface area is 224 Å². The summed E-state index contributed by atoms with van der Waals surface area (Å²) in [6.45, 7) is 5.58. The third-order valence-corrected chi connectivity index (χ3v) is 6.98. The van der Waals surface area contributed by atoms with Crippen LogP contribution < -0.4 is 16.0 Å². The highest BCUT2D eigenvalue weighted by Crippen LogP contribution is 2.21. The zero-order valence-corrected chi connectivity index (χ0v) is 22.6. The second-order valence-corrected chi connectivity index (χ2v) is 10.2. The van der Waals surface area contributed by atoms with Crippen molar-refractivity contribution in [2.24, 2.45) is 5.92 Å². The lowest BCUT2D eigenvalue weighted by molar-refractivity contribution is -0.157. The average Bonchev–Trinajstić information content (AvgIpc) is 2.91. The summed E-state index contributed by atoms with van der Waals surface area (Å²) in [7, 11) is 0. The topological polar surface area (TPSA) is 126 Å². The first-order valence-electron chi connectivity index (χ1n) is 13.6. The summed E-state index contributed by atoms with van der Waals surface area (Å²) in [5.74, 6) is -2.04. The van der Waals surface area contributed by atoms with Gasteiger partial charge in [-0.25, -0.2) is 4.79 Å². The molecule has 0 saturated carbocycles. The quantitative estimate of drug-likeness (QED) is 0.449. The lowest BCUT2D eigenvalue weighted by Crippen LogP contribution is -2.54. The van der Waals surface area contributed by atoms with E-state index in [0.29, 0.717) is 6.42 Å². The van der Waals surface area contributed by atoms with Crippen LogP contribution in [0, 0.1) is 5.92 Å². The van der Waals surface area contributed by atoms with Crippen LogP contribution >= 0.6 is 0 Å². The van der Waals surface area contributed by atoms with E-state index in [0.717, 1.165) is 43.2 Å². The highest BCUT2D eigenvalue weighted by Gasteiger charge is 2.33. The minimum absolute atomic E-state index is 0.0710. The molecule has 2 heterocycles. The van der Waals surface area contributed by atoms with Gasteiger partial charge in [0.15, 0.2) is 0 Å². The van der Waals surface area contributed by atoms with Gasteiger partial charge in [-0.2, -0.15) is 0 Å². The van der Waals surface area contributed by atoms with E-state index in [1.807, 2.05) is 25.1 Å². The number of nitrogens with one attached hydrogen (secondary N) is 3. The van der Waals surface area contributed by atoms with Gasteiger partial charge in [-0.15, -0.1) is 0 Å². The monoisotopic (exact) mass is 524 g/mol. The van der Waals surface area contributed by atoms with Crippen molar-refractivity contribution in [3.05, 3.63) is 53.9 Å². The molecule has 0 bridgehead atoms. The Hall–Kier alpha value is -3.49. The smallest absolute Gasteiger partial charge is 0.329 e. The molecule has 0 unspecified atom stereocenters. The summed E-state index contributed by atoms with van der Waals surface area (Å²) < 4.78 is 5.91. The number of unbranched alkanes of at least 4 members (excludes halogenated alkanes) is 1. The normalized spacial score (nSPS) is 25.9. The summed E-state index contributed by atoms with van der Waals surface area (Å²) in [4.78, 5) is 56.9. The molecule has 9 nitrogen and oxygen atoms in total. The van der Waals surface area contributed by atoms with Crippen LogP contribution in [0.4, 0.5) is 0 Å². The number of rotatable bonds is 8. The molecule has 1 saturated heterocycles. The van der Waals surface area contributed by atoms with Gasteiger partial charge in [0.2, 0.25) is 17.7 Å². The number of carbonyl (C=O) groups is 4. The van der Waals surface area contributed by atoms with Crippen molar-refractivity contribution in [3.8, 4) is 0 Å². The number of esters is 1. The molecule has 2 aliphatic rings. The Morgan fingerprint density at radius 1 is 1.05 bits per heavy atom. The first-order valence-corrected chi connectivity index (χ1v) is 13.6. The average molecular weight is 525 g/mol. The standard InChI is InChI=1S/C29H40N4O5/c1-4-5-10-19(2)25-17-26(34)32-23(15-21-11-7-6-8-12-21)28(36)31-20(3)27(35)33-24(29(37)38-25)16-22-13-9-14-30-18-22/h7,9,11-14,18-20,23-25H,4-6,8,10,15-17H2,1-3H3,(H,31,36)(H,32,34)(H,33,35)/t19-,20-,23-,24-,25-/m0/s1. The third kappa shape index (κ3) is 8.82. The van der Waals surface area contributed by atoms with Gasteiger partial charge < -0.3 is 20.7 Å². The molecule has 1 fully saturated rings. The van der Waals surface area contributed by atoms with Crippen LogP contribution in [0.25, 0.3) is 0 Å². The Morgan fingerprint density at radius 3 is 2.55 bits per heavy atom. The molecule has 38 heavy (non-hydrogen) atoms. The van der Waals surface area contributed by atoms with Crippen LogP contribution in [0.1, 0.15) is 71.3 Å². The maximum absolute atomic E-state index is 13.4. The molecule has 1 aliphatic heterocycles. The fraction of sp³-hybridized carbons (Fsp3) is 0.552. The fourth-order valence-electron chi connectivity index (χ4n) is 4.63. The SMILES string of the molecule is CCCC[C@H](C)[C@@H]1CC(=O)N[C@@H](CC2=CCCC=C2)C(=O)N[C@@H](C)C(=O)N[C@@H](Cc2cccnc2)C(=O)O1. The number of cyclic esters (lactones) is 1. The molecule has 3 rings (SSSR count). The number of ether oxygens (including phenoxy) is 1. The van der Waals surface area contributed by atoms with Crippen LogP contribution in [0.15, 0.2) is 48.3 Å². The molecule has 0 radical (unpaired) electrons. The first kappa shape index (κ1) is 29.1. The van der Waals surface area contributed by atoms with Crippen molar-refractivity contribution in [2.75, 3.05) is 0 Å². The highest BCUT2D eigenvalue weighted by atomic mass is 16.5. The zero-order valence-electron chi connectivity index (χ0n) is 22.6. The molecule has 3 N–H and O–H groups in total. The van der Waals surface area contributed by atoms with Crippen LogP contribution in [0.5, 0.6) is 0 Å². The molecule has 0 spiro atoms. The molecule has 1 aliphatic carbocycles. The van der Waals surface area contributed by atoms with Crippen molar-refractivity contribution in [1.82, 2.24) is 20.9 Å². The predicted molar refractivity (Wildman–Crippen MR) is 144 cm³/mol. The van der Waals surface area contributed by atoms with Gasteiger partial charge in [0.05, 0.1) is 6.42 Å². The molecule has 3 amide bonds. The first-order chi connectivity index (χ1) is 18.3. The molecule has 1 aromatic rings. The predicted octanol–water partition coefficient (Wildman–Crippen LogP) is 2.91. The number of allylic oxidation sites excluding steroid dienone is 3. The van der Waals surface area contributed by atoms with Crippen molar-refractivity contribution in [2.45, 2.75) is 96.4 Å². The van der Waals surface area contributed by atoms with Crippen molar-refractivity contribution in [1.29, 1.82) is 0 Å². The van der Waals surface area contributed by atoms with E-state index < -0.39 is 42.0 Å². The lowest BCUT2D eigenvalue weighted by Gasteiger charge is -2.27. The zero-order chi connectivity index (χ0) is 27.5. The van der Waals surface area contributed by atoms with Gasteiger partial charge in [-0.1, -0.05) is 51.0 Å². The minimum Gasteiger partial charge on any atom is -0.460 e. The summed E-state index contributed by atoms with van der Waals surface area (Å²) in [6.07, 6.45) is 13.5. The van der Waals surface area contributed by atoms with Crippen molar-refractivity contribution < 1.29 is 23.9 Å². The summed E-state index contributed by atoms with van der Waals surface area (Å²) in [5.41, 5.74) is 1.70. The Balaban J connectivity index is 1.89. The lowest BCUT2D eigenvalue weighted by atomic mass is 9.94. The number of carbonyl (C=O) groups excluding carboxylic acids is 4. The number of pyridine rings is 1. The minimum atomic E-state index is -0.996. The van der Waals surface area contributed by atoms with Crippen LogP contribution in [0.3, 0.4) is 0 Å². The highest BCUT2D eigenvalue weighted by molar-refractivity contribution is 5.94. The number of nitrogens with zero attached hydrogens (tertiary/aromatic N) is 1. The van der Waals surface area contributed by atoms with Gasteiger partial charge in [0.1, 0.15) is 24.2 Å². The molecule has 0 aromatic carbocycles. The molecular formula is C29H40N4O5. The van der Waals surface area contributed by atoms with E-state index in [2.05, 4.69) is 33.9 Å². The molecule has 1 aromatic heterocycles. The maximum Gasteiger partial charge on any atom is 0.329 e. The Morgan fingerprint density at radius 2 is 1.87 bits per heavy atom. The molecule has 206 valence electrons. The van der Waals surface area contributed by atoms with Crippen LogP contribution in [-0.2, 0) is 30.3 Å². The van der Waals surface area contributed by atoms with Crippen molar-refractivity contribution in [3.63, 3.8) is 0 Å². The largest absolute Gasteiger partial charge is 0.460 e. The Kier molecular flexibility index (Phi) is 11.1. The van der Waals surface area contributed by atoms with E-state index in [9.17, 15) is 19.2 Å². The molecule has 5 atom stereocenters. The van der Waals surface area contributed by atoms with Gasteiger partial charge in [-0.05, 0) is 49.3 Å². The molecule has 9 heteroatoms.